The minimum atomic E-state index is -0.0930. The van der Waals surface area contributed by atoms with Gasteiger partial charge in [0.2, 0.25) is 5.91 Å². The summed E-state index contributed by atoms with van der Waals surface area (Å²) in [5.41, 5.74) is 2.16. The van der Waals surface area contributed by atoms with E-state index in [9.17, 15) is 4.79 Å². The average molecular weight is 277 g/mol. The van der Waals surface area contributed by atoms with Crippen LogP contribution in [0.4, 0.5) is 5.82 Å². The Bertz CT molecular complexity index is 776. The number of hydrogen-bond acceptors (Lipinski definition) is 3. The third-order valence-electron chi connectivity index (χ3n) is 3.31. The number of carbonyl (C=O) groups excluding carboxylic acids is 1. The van der Waals surface area contributed by atoms with E-state index in [1.54, 1.807) is 6.20 Å². The first-order valence-electron chi connectivity index (χ1n) is 6.78. The molecule has 0 aliphatic rings. The Morgan fingerprint density at radius 1 is 1.10 bits per heavy atom. The molecule has 0 spiro atoms. The summed E-state index contributed by atoms with van der Waals surface area (Å²) in [6.07, 6.45) is 2.01. The van der Waals surface area contributed by atoms with Crippen molar-refractivity contribution in [2.45, 2.75) is 13.3 Å². The van der Waals surface area contributed by atoms with E-state index in [0.29, 0.717) is 12.2 Å². The van der Waals surface area contributed by atoms with Crippen LogP contribution in [0, 0.1) is 6.92 Å². The average Bonchev–Trinajstić information content (AvgIpc) is 2.50. The maximum Gasteiger partial charge on any atom is 0.230 e. The Morgan fingerprint density at radius 3 is 2.67 bits per heavy atom. The van der Waals surface area contributed by atoms with Crippen molar-refractivity contribution in [2.75, 3.05) is 5.32 Å². The van der Waals surface area contributed by atoms with Gasteiger partial charge in [0.1, 0.15) is 0 Å². The predicted molar refractivity (Wildman–Crippen MR) is 83.1 cm³/mol. The van der Waals surface area contributed by atoms with Crippen molar-refractivity contribution in [1.82, 2.24) is 10.2 Å². The molecule has 1 heterocycles. The summed E-state index contributed by atoms with van der Waals surface area (Å²) < 4.78 is 0. The third kappa shape index (κ3) is 3.05. The van der Waals surface area contributed by atoms with Gasteiger partial charge in [-0.25, -0.2) is 0 Å². The van der Waals surface area contributed by atoms with Gasteiger partial charge in [0.05, 0.1) is 12.6 Å². The lowest BCUT2D eigenvalue weighted by atomic mass is 10.1. The number of anilines is 1. The van der Waals surface area contributed by atoms with Crippen molar-refractivity contribution < 1.29 is 4.79 Å². The molecule has 0 saturated heterocycles. The number of aryl methyl sites for hydroxylation is 1. The second-order valence-electron chi connectivity index (χ2n) is 4.99. The van der Waals surface area contributed by atoms with Gasteiger partial charge in [-0.15, -0.1) is 5.10 Å². The lowest BCUT2D eigenvalue weighted by molar-refractivity contribution is -0.115. The van der Waals surface area contributed by atoms with Crippen LogP contribution in [0.5, 0.6) is 0 Å². The Kier molecular flexibility index (Phi) is 3.60. The molecule has 4 heteroatoms. The van der Waals surface area contributed by atoms with Gasteiger partial charge in [0.15, 0.2) is 5.82 Å². The molecule has 1 N–H and O–H groups in total. The topological polar surface area (TPSA) is 54.9 Å². The van der Waals surface area contributed by atoms with Crippen molar-refractivity contribution in [3.05, 3.63) is 65.9 Å². The molecule has 104 valence electrons. The molecule has 2 aromatic carbocycles. The zero-order valence-electron chi connectivity index (χ0n) is 11.7. The van der Waals surface area contributed by atoms with E-state index in [1.807, 2.05) is 55.5 Å². The fourth-order valence-electron chi connectivity index (χ4n) is 2.19. The lowest BCUT2D eigenvalue weighted by Crippen LogP contribution is -2.16. The summed E-state index contributed by atoms with van der Waals surface area (Å²) in [5.74, 6) is 0.412. The van der Waals surface area contributed by atoms with Crippen LogP contribution in [-0.2, 0) is 11.2 Å². The number of benzene rings is 2. The van der Waals surface area contributed by atoms with Crippen molar-refractivity contribution in [3.63, 3.8) is 0 Å². The van der Waals surface area contributed by atoms with Crippen molar-refractivity contribution in [3.8, 4) is 0 Å². The molecule has 0 aliphatic heterocycles. The van der Waals surface area contributed by atoms with Crippen molar-refractivity contribution >= 4 is 22.5 Å². The van der Waals surface area contributed by atoms with Crippen molar-refractivity contribution in [1.29, 1.82) is 0 Å². The molecule has 1 aromatic heterocycles. The highest BCUT2D eigenvalue weighted by Crippen LogP contribution is 2.19. The van der Waals surface area contributed by atoms with E-state index in [2.05, 4.69) is 15.5 Å². The van der Waals surface area contributed by atoms with Crippen molar-refractivity contribution in [2.24, 2.45) is 0 Å². The van der Waals surface area contributed by atoms with Gasteiger partial charge in [-0.1, -0.05) is 54.1 Å². The van der Waals surface area contributed by atoms with Crippen LogP contribution in [0.2, 0.25) is 0 Å². The molecular weight excluding hydrogens is 262 g/mol. The van der Waals surface area contributed by atoms with Gasteiger partial charge in [-0.05, 0) is 12.5 Å². The third-order valence-corrected chi connectivity index (χ3v) is 3.31. The highest BCUT2D eigenvalue weighted by atomic mass is 16.1. The zero-order valence-corrected chi connectivity index (χ0v) is 11.7. The minimum Gasteiger partial charge on any atom is -0.308 e. The van der Waals surface area contributed by atoms with Gasteiger partial charge in [-0.2, -0.15) is 5.10 Å². The quantitative estimate of drug-likeness (QED) is 0.800. The molecule has 3 aromatic rings. The highest BCUT2D eigenvalue weighted by Gasteiger charge is 2.08. The zero-order chi connectivity index (χ0) is 14.7. The largest absolute Gasteiger partial charge is 0.308 e. The van der Waals surface area contributed by atoms with Crippen LogP contribution in [0.3, 0.4) is 0 Å². The first kappa shape index (κ1) is 13.2. The van der Waals surface area contributed by atoms with Crippen LogP contribution >= 0.6 is 0 Å². The van der Waals surface area contributed by atoms with Crippen LogP contribution < -0.4 is 5.32 Å². The Labute approximate surface area is 122 Å². The molecule has 0 fully saturated rings. The van der Waals surface area contributed by atoms with Gasteiger partial charge in [0.25, 0.3) is 0 Å². The molecule has 0 radical (unpaired) electrons. The smallest absolute Gasteiger partial charge is 0.230 e. The number of fused-ring (bicyclic) bond motifs is 1. The van der Waals surface area contributed by atoms with Crippen LogP contribution in [0.15, 0.2) is 54.7 Å². The summed E-state index contributed by atoms with van der Waals surface area (Å²) >= 11 is 0. The fraction of sp³-hybridized carbons (Fsp3) is 0.118. The number of nitrogens with one attached hydrogen (secondary N) is 1. The Hall–Kier alpha value is -2.75. The van der Waals surface area contributed by atoms with Gasteiger partial charge in [0, 0.05) is 10.8 Å². The van der Waals surface area contributed by atoms with E-state index in [0.717, 1.165) is 16.3 Å². The Balaban J connectivity index is 1.79. The SMILES string of the molecule is Cc1ccc(CC(=O)Nc2nncc3ccccc23)cc1. The number of aromatic nitrogens is 2. The molecular formula is C17H15N3O. The molecule has 0 atom stereocenters. The lowest BCUT2D eigenvalue weighted by Gasteiger charge is -2.07. The normalized spacial score (nSPS) is 10.5. The number of hydrogen-bond donors (Lipinski definition) is 1. The molecule has 0 unspecified atom stereocenters. The predicted octanol–water partition coefficient (Wildman–Crippen LogP) is 3.12. The number of carbonyl (C=O) groups is 1. The fourth-order valence-corrected chi connectivity index (χ4v) is 2.19. The van der Waals surface area contributed by atoms with E-state index in [4.69, 9.17) is 0 Å². The van der Waals surface area contributed by atoms with Crippen LogP contribution in [0.25, 0.3) is 10.8 Å². The number of rotatable bonds is 3. The maximum absolute atomic E-state index is 12.1. The second-order valence-corrected chi connectivity index (χ2v) is 4.99. The van der Waals surface area contributed by atoms with E-state index in [1.165, 1.54) is 5.56 Å². The van der Waals surface area contributed by atoms with Gasteiger partial charge >= 0.3 is 0 Å². The molecule has 3 rings (SSSR count). The summed E-state index contributed by atoms with van der Waals surface area (Å²) in [6, 6.07) is 15.6. The second kappa shape index (κ2) is 5.71. The summed E-state index contributed by atoms with van der Waals surface area (Å²) in [7, 11) is 0. The number of nitrogens with zero attached hydrogens (tertiary/aromatic N) is 2. The molecule has 0 bridgehead atoms. The molecule has 4 nitrogen and oxygen atoms in total. The van der Waals surface area contributed by atoms with Gasteiger partial charge in [-0.3, -0.25) is 4.79 Å². The molecule has 1 amide bonds. The first-order valence-corrected chi connectivity index (χ1v) is 6.78. The first-order chi connectivity index (χ1) is 10.2. The Morgan fingerprint density at radius 2 is 1.86 bits per heavy atom. The van der Waals surface area contributed by atoms with Crippen LogP contribution in [0.1, 0.15) is 11.1 Å². The van der Waals surface area contributed by atoms with Crippen LogP contribution in [-0.4, -0.2) is 16.1 Å². The summed E-state index contributed by atoms with van der Waals surface area (Å²) in [4.78, 5) is 12.1. The monoisotopic (exact) mass is 277 g/mol. The summed E-state index contributed by atoms with van der Waals surface area (Å²) in [6.45, 7) is 2.02. The maximum atomic E-state index is 12.1. The van der Waals surface area contributed by atoms with E-state index >= 15 is 0 Å². The highest BCUT2D eigenvalue weighted by molar-refractivity contribution is 6.00. The molecule has 0 aliphatic carbocycles. The molecule has 21 heavy (non-hydrogen) atoms. The van der Waals surface area contributed by atoms with Gasteiger partial charge < -0.3 is 5.32 Å². The van der Waals surface area contributed by atoms with E-state index < -0.39 is 0 Å². The number of amides is 1. The molecule has 0 saturated carbocycles. The minimum absolute atomic E-state index is 0.0930. The standard InChI is InChI=1S/C17H15N3O/c1-12-6-8-13(9-7-12)10-16(21)19-17-15-5-3-2-4-14(15)11-18-20-17/h2-9,11H,10H2,1H3,(H,19,20,21). The summed E-state index contributed by atoms with van der Waals surface area (Å²) in [5, 5.41) is 12.6. The van der Waals surface area contributed by atoms with E-state index in [-0.39, 0.29) is 5.91 Å².